The summed E-state index contributed by atoms with van der Waals surface area (Å²) in [6.45, 7) is -1.63. The van der Waals surface area contributed by atoms with Crippen LogP contribution in [0.3, 0.4) is 0 Å². The second-order valence-electron chi connectivity index (χ2n) is 5.17. The van der Waals surface area contributed by atoms with Gasteiger partial charge in [0.2, 0.25) is 0 Å². The number of alkyl halides is 7. The lowest BCUT2D eigenvalue weighted by Crippen LogP contribution is -2.23. The van der Waals surface area contributed by atoms with E-state index < -0.39 is 65.6 Å². The Bertz CT molecular complexity index is 1060. The van der Waals surface area contributed by atoms with E-state index in [-0.39, 0.29) is 6.20 Å². The molecule has 2 rings (SSSR count). The molecule has 0 aliphatic heterocycles. The van der Waals surface area contributed by atoms with Gasteiger partial charge in [0.25, 0.3) is 9.84 Å². The van der Waals surface area contributed by atoms with Gasteiger partial charge in [0.05, 0.1) is 32.6 Å². The van der Waals surface area contributed by atoms with Crippen LogP contribution in [-0.4, -0.2) is 18.5 Å². The largest absolute Gasteiger partial charge is 0.502 e. The van der Waals surface area contributed by atoms with E-state index in [2.05, 4.69) is 0 Å². The molecule has 0 spiro atoms. The molecule has 0 N–H and O–H groups in total. The van der Waals surface area contributed by atoms with Crippen molar-refractivity contribution in [1.82, 2.24) is 4.57 Å². The van der Waals surface area contributed by atoms with Gasteiger partial charge in [-0.05, 0) is 12.1 Å². The summed E-state index contributed by atoms with van der Waals surface area (Å²) >= 11 is 11.5. The van der Waals surface area contributed by atoms with Gasteiger partial charge in [-0.25, -0.2) is 12.8 Å². The van der Waals surface area contributed by atoms with Crippen LogP contribution in [0.1, 0.15) is 16.8 Å². The maximum Gasteiger partial charge on any atom is 0.502 e. The smallest absolute Gasteiger partial charge is 0.313 e. The predicted molar refractivity (Wildman–Crippen MR) is 83.6 cm³/mol. The molecular formula is C14H5Cl2F7N2O2S. The first-order valence-electron chi connectivity index (χ1n) is 6.75. The number of nitrogens with zero attached hydrogens (tertiary/aromatic N) is 2. The number of nitriles is 1. The number of halogens is 9. The molecule has 4 nitrogen and oxygen atoms in total. The first kappa shape index (κ1) is 22.3. The van der Waals surface area contributed by atoms with Crippen LogP contribution in [0, 0.1) is 11.3 Å². The molecule has 152 valence electrons. The quantitative estimate of drug-likeness (QED) is 0.563. The van der Waals surface area contributed by atoms with Gasteiger partial charge in [-0.15, -0.1) is 0 Å². The maximum atomic E-state index is 13.4. The molecule has 1 aromatic carbocycles. The molecule has 0 aliphatic carbocycles. The van der Waals surface area contributed by atoms with Crippen molar-refractivity contribution in [3.8, 4) is 11.8 Å². The molecule has 0 saturated heterocycles. The molecule has 0 atom stereocenters. The van der Waals surface area contributed by atoms with Crippen LogP contribution in [0.25, 0.3) is 5.69 Å². The van der Waals surface area contributed by atoms with E-state index in [9.17, 15) is 39.2 Å². The van der Waals surface area contributed by atoms with Crippen LogP contribution in [0.5, 0.6) is 0 Å². The van der Waals surface area contributed by atoms with Gasteiger partial charge in [-0.3, -0.25) is 0 Å². The van der Waals surface area contributed by atoms with Gasteiger partial charge in [-0.2, -0.15) is 31.6 Å². The molecule has 0 amide bonds. The summed E-state index contributed by atoms with van der Waals surface area (Å²) in [6.07, 6.45) is -4.63. The lowest BCUT2D eigenvalue weighted by atomic mass is 10.2. The fraction of sp³-hybridized carbons (Fsp3) is 0.214. The third-order valence-electron chi connectivity index (χ3n) is 3.49. The standard InChI is InChI=1S/C14H5Cl2F7N2O2S/c15-8-1-6(13(18,19)20)2-9(16)12(8)25-5-11(7(4-24)10(25)3-17)28(26,27)14(21,22)23/h1-2,5H,3H2. The topological polar surface area (TPSA) is 62.9 Å². The summed E-state index contributed by atoms with van der Waals surface area (Å²) in [4.78, 5) is -1.58. The second kappa shape index (κ2) is 7.13. The third kappa shape index (κ3) is 3.66. The number of benzene rings is 1. The van der Waals surface area contributed by atoms with E-state index in [1.165, 1.54) is 0 Å². The number of rotatable bonds is 3. The fourth-order valence-electron chi connectivity index (χ4n) is 2.26. The monoisotopic (exact) mass is 468 g/mol. The molecule has 0 saturated carbocycles. The van der Waals surface area contributed by atoms with Crippen molar-refractivity contribution in [2.75, 3.05) is 0 Å². The van der Waals surface area contributed by atoms with Crippen molar-refractivity contribution in [2.45, 2.75) is 23.3 Å². The molecule has 0 radical (unpaired) electrons. The minimum Gasteiger partial charge on any atom is -0.313 e. The summed E-state index contributed by atoms with van der Waals surface area (Å²) in [7, 11) is -6.07. The SMILES string of the molecule is N#Cc1c(S(=O)(=O)C(F)(F)F)cn(-c2c(Cl)cc(C(F)(F)F)cc2Cl)c1CF. The lowest BCUT2D eigenvalue weighted by Gasteiger charge is -2.14. The molecule has 0 bridgehead atoms. The van der Waals surface area contributed by atoms with Gasteiger partial charge in [0.1, 0.15) is 17.6 Å². The van der Waals surface area contributed by atoms with Gasteiger partial charge in [-0.1, -0.05) is 23.2 Å². The Morgan fingerprint density at radius 2 is 1.57 bits per heavy atom. The fourth-order valence-corrected chi connectivity index (χ4v) is 3.86. The molecule has 0 fully saturated rings. The minimum absolute atomic E-state index is 0.233. The molecular weight excluding hydrogens is 464 g/mol. The highest BCUT2D eigenvalue weighted by Gasteiger charge is 2.49. The average molecular weight is 469 g/mol. The van der Waals surface area contributed by atoms with Crippen molar-refractivity contribution < 1.29 is 39.2 Å². The Balaban J connectivity index is 2.88. The molecule has 1 aromatic heterocycles. The van der Waals surface area contributed by atoms with E-state index in [0.29, 0.717) is 16.7 Å². The van der Waals surface area contributed by atoms with Crippen LogP contribution < -0.4 is 0 Å². The molecule has 28 heavy (non-hydrogen) atoms. The van der Waals surface area contributed by atoms with Gasteiger partial charge in [0.15, 0.2) is 0 Å². The first-order valence-corrected chi connectivity index (χ1v) is 8.99. The lowest BCUT2D eigenvalue weighted by molar-refractivity contribution is -0.137. The molecule has 14 heteroatoms. The Morgan fingerprint density at radius 3 is 1.93 bits per heavy atom. The van der Waals surface area contributed by atoms with E-state index in [1.807, 2.05) is 0 Å². The maximum absolute atomic E-state index is 13.4. The minimum atomic E-state index is -6.07. The van der Waals surface area contributed by atoms with Gasteiger partial charge < -0.3 is 4.57 Å². The van der Waals surface area contributed by atoms with Crippen LogP contribution in [0.15, 0.2) is 23.2 Å². The van der Waals surface area contributed by atoms with Crippen molar-refractivity contribution in [3.63, 3.8) is 0 Å². The summed E-state index contributed by atoms with van der Waals surface area (Å²) in [5.41, 5.74) is -9.79. The highest BCUT2D eigenvalue weighted by Crippen LogP contribution is 2.41. The summed E-state index contributed by atoms with van der Waals surface area (Å²) in [6, 6.07) is 1.89. The molecule has 1 heterocycles. The number of aromatic nitrogens is 1. The molecule has 0 aliphatic rings. The van der Waals surface area contributed by atoms with Gasteiger partial charge >= 0.3 is 11.7 Å². The predicted octanol–water partition coefficient (Wildman–Crippen LogP) is 5.44. The van der Waals surface area contributed by atoms with Crippen molar-refractivity contribution >= 4 is 33.0 Å². The Kier molecular flexibility index (Phi) is 5.68. The van der Waals surface area contributed by atoms with Crippen molar-refractivity contribution in [2.24, 2.45) is 0 Å². The zero-order valence-corrected chi connectivity index (χ0v) is 15.3. The zero-order chi connectivity index (χ0) is 21.7. The Hall–Kier alpha value is -1.97. The third-order valence-corrected chi connectivity index (χ3v) is 5.56. The van der Waals surface area contributed by atoms with Gasteiger partial charge in [0, 0.05) is 6.20 Å². The van der Waals surface area contributed by atoms with Crippen LogP contribution in [-0.2, 0) is 22.7 Å². The number of sulfone groups is 1. The summed E-state index contributed by atoms with van der Waals surface area (Å²) in [5, 5.41) is 7.51. The number of hydrogen-bond acceptors (Lipinski definition) is 3. The van der Waals surface area contributed by atoms with Crippen LogP contribution in [0.2, 0.25) is 10.0 Å². The number of hydrogen-bond donors (Lipinski definition) is 0. The highest BCUT2D eigenvalue weighted by molar-refractivity contribution is 7.92. The van der Waals surface area contributed by atoms with Crippen molar-refractivity contribution in [1.29, 1.82) is 5.26 Å². The molecule has 0 unspecified atom stereocenters. The molecule has 2 aromatic rings. The van der Waals surface area contributed by atoms with E-state index in [1.54, 1.807) is 0 Å². The second-order valence-corrected chi connectivity index (χ2v) is 7.89. The zero-order valence-electron chi connectivity index (χ0n) is 13.0. The van der Waals surface area contributed by atoms with Crippen LogP contribution >= 0.6 is 23.2 Å². The first-order chi connectivity index (χ1) is 12.7. The van der Waals surface area contributed by atoms with E-state index in [0.717, 1.165) is 6.07 Å². The highest BCUT2D eigenvalue weighted by atomic mass is 35.5. The summed E-state index contributed by atoms with van der Waals surface area (Å²) in [5.74, 6) is 0. The van der Waals surface area contributed by atoms with Crippen molar-refractivity contribution in [3.05, 3.63) is 45.2 Å². The van der Waals surface area contributed by atoms with E-state index in [4.69, 9.17) is 28.5 Å². The van der Waals surface area contributed by atoms with E-state index >= 15 is 0 Å². The van der Waals surface area contributed by atoms with Crippen LogP contribution in [0.4, 0.5) is 30.7 Å². The Labute approximate surface area is 162 Å². The average Bonchev–Trinajstić information content (AvgIpc) is 2.91. The Morgan fingerprint density at radius 1 is 1.07 bits per heavy atom. The normalized spacial score (nSPS) is 12.9. The summed E-state index contributed by atoms with van der Waals surface area (Å²) < 4.78 is 114.